The molecule has 1 aliphatic carbocycles. The molecule has 13 heteroatoms. The fraction of sp³-hybridized carbons (Fsp3) is 0.464. The first-order valence-corrected chi connectivity index (χ1v) is 16.3. The van der Waals surface area contributed by atoms with Gasteiger partial charge in [0.15, 0.2) is 4.80 Å². The predicted molar refractivity (Wildman–Crippen MR) is 161 cm³/mol. The van der Waals surface area contributed by atoms with Crippen LogP contribution in [-0.2, 0) is 43.2 Å². The lowest BCUT2D eigenvalue weighted by molar-refractivity contribution is -0.143. The van der Waals surface area contributed by atoms with Crippen molar-refractivity contribution in [2.24, 2.45) is 4.99 Å². The van der Waals surface area contributed by atoms with E-state index in [4.69, 9.17) is 14.2 Å². The van der Waals surface area contributed by atoms with Crippen molar-refractivity contribution in [3.63, 3.8) is 0 Å². The van der Waals surface area contributed by atoms with Crippen LogP contribution in [0.3, 0.4) is 0 Å². The summed E-state index contributed by atoms with van der Waals surface area (Å²) in [6, 6.07) is 5.48. The molecule has 41 heavy (non-hydrogen) atoms. The van der Waals surface area contributed by atoms with Crippen molar-refractivity contribution in [3.8, 4) is 5.75 Å². The Hall–Kier alpha value is -3.16. The van der Waals surface area contributed by atoms with Crippen LogP contribution in [0, 0.1) is 0 Å². The molecule has 2 amide bonds. The second-order valence-electron chi connectivity index (χ2n) is 9.02. The second kappa shape index (κ2) is 14.6. The topological polar surface area (TPSA) is 125 Å². The number of esters is 2. The van der Waals surface area contributed by atoms with Gasteiger partial charge in [-0.05, 0) is 70.2 Å². The van der Waals surface area contributed by atoms with E-state index in [9.17, 15) is 19.2 Å². The minimum Gasteiger partial charge on any atom is -0.494 e. The number of nitrogens with one attached hydrogen (secondary N) is 1. The van der Waals surface area contributed by atoms with Crippen LogP contribution in [0.5, 0.6) is 5.75 Å². The molecule has 0 fully saturated rings. The highest BCUT2D eigenvalue weighted by Crippen LogP contribution is 2.38. The normalized spacial score (nSPS) is 13.1. The van der Waals surface area contributed by atoms with E-state index in [-0.39, 0.29) is 37.2 Å². The van der Waals surface area contributed by atoms with E-state index in [2.05, 4.69) is 10.3 Å². The van der Waals surface area contributed by atoms with E-state index in [1.165, 1.54) is 22.7 Å². The van der Waals surface area contributed by atoms with Crippen LogP contribution in [0.15, 0.2) is 23.2 Å². The third-order valence-corrected chi connectivity index (χ3v) is 9.31. The maximum absolute atomic E-state index is 12.8. The monoisotopic (exact) mass is 619 g/mol. The number of thiazole rings is 1. The van der Waals surface area contributed by atoms with Gasteiger partial charge in [-0.3, -0.25) is 14.4 Å². The molecule has 0 atom stereocenters. The molecular weight excluding hydrogens is 587 g/mol. The van der Waals surface area contributed by atoms with Crippen LogP contribution in [0.2, 0.25) is 0 Å². The van der Waals surface area contributed by atoms with E-state index in [1.807, 2.05) is 19.1 Å². The number of aromatic nitrogens is 1. The molecule has 10 nitrogen and oxygen atoms in total. The summed E-state index contributed by atoms with van der Waals surface area (Å²) >= 11 is 3.83. The fourth-order valence-corrected chi connectivity index (χ4v) is 7.46. The van der Waals surface area contributed by atoms with Crippen LogP contribution in [0.1, 0.15) is 54.4 Å². The Morgan fingerprint density at radius 3 is 2.54 bits per heavy atom. The molecule has 0 aliphatic heterocycles. The number of anilines is 1. The number of ether oxygens (including phenoxy) is 3. The first kappa shape index (κ1) is 30.8. The zero-order valence-electron chi connectivity index (χ0n) is 23.3. The number of amides is 2. The Labute approximate surface area is 250 Å². The van der Waals surface area contributed by atoms with Crippen LogP contribution in [0.25, 0.3) is 10.2 Å². The highest BCUT2D eigenvalue weighted by molar-refractivity contribution is 8.00. The van der Waals surface area contributed by atoms with E-state index in [1.54, 1.807) is 24.5 Å². The third-order valence-electron chi connectivity index (χ3n) is 6.14. The fourth-order valence-electron chi connectivity index (χ4n) is 4.49. The zero-order chi connectivity index (χ0) is 29.4. The quantitative estimate of drug-likeness (QED) is 0.292. The van der Waals surface area contributed by atoms with Crippen LogP contribution >= 0.6 is 34.4 Å². The van der Waals surface area contributed by atoms with Crippen LogP contribution in [-0.4, -0.2) is 59.6 Å². The molecule has 3 aromatic rings. The molecule has 0 bridgehead atoms. The van der Waals surface area contributed by atoms with Crippen molar-refractivity contribution < 1.29 is 33.4 Å². The van der Waals surface area contributed by atoms with Gasteiger partial charge in [-0.2, -0.15) is 4.99 Å². The van der Waals surface area contributed by atoms with Gasteiger partial charge in [0.2, 0.25) is 5.91 Å². The summed E-state index contributed by atoms with van der Waals surface area (Å²) in [5.74, 6) is -0.932. The molecule has 4 rings (SSSR count). The first-order chi connectivity index (χ1) is 19.8. The lowest BCUT2D eigenvalue weighted by atomic mass is 9.95. The van der Waals surface area contributed by atoms with Crippen molar-refractivity contribution in [3.05, 3.63) is 39.0 Å². The number of hydrogen-bond acceptors (Lipinski definition) is 10. The Balaban J connectivity index is 1.44. The van der Waals surface area contributed by atoms with E-state index in [0.29, 0.717) is 27.7 Å². The number of thiophene rings is 1. The van der Waals surface area contributed by atoms with Crippen molar-refractivity contribution in [2.75, 3.05) is 36.6 Å². The molecule has 2 aromatic heterocycles. The summed E-state index contributed by atoms with van der Waals surface area (Å²) in [4.78, 5) is 56.2. The molecule has 0 unspecified atom stereocenters. The molecule has 1 aliphatic rings. The average molecular weight is 620 g/mol. The van der Waals surface area contributed by atoms with Crippen LogP contribution in [0.4, 0.5) is 5.00 Å². The van der Waals surface area contributed by atoms with Gasteiger partial charge in [0.1, 0.15) is 17.3 Å². The van der Waals surface area contributed by atoms with Gasteiger partial charge in [0.25, 0.3) is 5.91 Å². The van der Waals surface area contributed by atoms with Gasteiger partial charge in [-0.1, -0.05) is 11.3 Å². The summed E-state index contributed by atoms with van der Waals surface area (Å²) in [7, 11) is 0. The molecule has 2 heterocycles. The third kappa shape index (κ3) is 7.77. The highest BCUT2D eigenvalue weighted by atomic mass is 32.2. The first-order valence-electron chi connectivity index (χ1n) is 13.5. The predicted octanol–water partition coefficient (Wildman–Crippen LogP) is 4.58. The molecule has 0 saturated carbocycles. The zero-order valence-corrected chi connectivity index (χ0v) is 25.7. The number of nitrogens with zero attached hydrogens (tertiary/aromatic N) is 2. The number of hydrogen-bond donors (Lipinski definition) is 1. The Morgan fingerprint density at radius 1 is 1.00 bits per heavy atom. The number of benzene rings is 1. The average Bonchev–Trinajstić information content (AvgIpc) is 3.46. The van der Waals surface area contributed by atoms with Gasteiger partial charge < -0.3 is 24.1 Å². The van der Waals surface area contributed by atoms with Gasteiger partial charge in [-0.15, -0.1) is 23.1 Å². The summed E-state index contributed by atoms with van der Waals surface area (Å²) in [5.41, 5.74) is 2.17. The van der Waals surface area contributed by atoms with Crippen molar-refractivity contribution >= 4 is 73.4 Å². The molecule has 0 saturated heterocycles. The number of carbonyl (C=O) groups is 4. The molecule has 1 N–H and O–H groups in total. The van der Waals surface area contributed by atoms with Crippen molar-refractivity contribution in [1.82, 2.24) is 4.57 Å². The molecule has 220 valence electrons. The van der Waals surface area contributed by atoms with Gasteiger partial charge >= 0.3 is 11.9 Å². The Bertz CT molecular complexity index is 1510. The van der Waals surface area contributed by atoms with E-state index >= 15 is 0 Å². The maximum Gasteiger partial charge on any atom is 0.341 e. The summed E-state index contributed by atoms with van der Waals surface area (Å²) in [6.07, 6.45) is 3.73. The van der Waals surface area contributed by atoms with Gasteiger partial charge in [0, 0.05) is 4.88 Å². The van der Waals surface area contributed by atoms with E-state index < -0.39 is 17.8 Å². The number of fused-ring (bicyclic) bond motifs is 2. The lowest BCUT2D eigenvalue weighted by Gasteiger charge is -2.12. The summed E-state index contributed by atoms with van der Waals surface area (Å²) < 4.78 is 18.4. The lowest BCUT2D eigenvalue weighted by Crippen LogP contribution is -2.23. The van der Waals surface area contributed by atoms with Gasteiger partial charge in [0.05, 0.1) is 47.1 Å². The summed E-state index contributed by atoms with van der Waals surface area (Å²) in [5, 5.41) is 3.37. The van der Waals surface area contributed by atoms with Crippen molar-refractivity contribution in [2.45, 2.75) is 53.0 Å². The Kier molecular flexibility index (Phi) is 11.0. The second-order valence-corrected chi connectivity index (χ2v) is 12.1. The number of rotatable bonds is 12. The molecule has 0 spiro atoms. The standard InChI is InChI=1S/C28H33N3O7S3/c1-4-36-17-11-12-19-21(13-17)41-28(31(19)14-24(34)37-5-2)30-23(33)16-39-15-22(32)29-26-25(27(35)38-6-3)18-9-7-8-10-20(18)40-26/h11-13H,4-10,14-16H2,1-3H3,(H,29,32). The smallest absolute Gasteiger partial charge is 0.341 e. The Morgan fingerprint density at radius 2 is 1.78 bits per heavy atom. The largest absolute Gasteiger partial charge is 0.494 e. The molecule has 1 aromatic carbocycles. The maximum atomic E-state index is 12.8. The highest BCUT2D eigenvalue weighted by Gasteiger charge is 2.27. The minimum atomic E-state index is -0.434. The number of aryl methyl sites for hydroxylation is 1. The summed E-state index contributed by atoms with van der Waals surface area (Å²) in [6.45, 7) is 6.30. The molecular formula is C28H33N3O7S3. The van der Waals surface area contributed by atoms with Crippen LogP contribution < -0.4 is 14.9 Å². The SMILES string of the molecule is CCOC(=O)Cn1c(=NC(=O)CSCC(=O)Nc2sc3c(c2C(=O)OCC)CCCC3)sc2cc(OCC)ccc21. The van der Waals surface area contributed by atoms with Gasteiger partial charge in [-0.25, -0.2) is 4.79 Å². The van der Waals surface area contributed by atoms with E-state index in [0.717, 1.165) is 58.1 Å². The number of thioether (sulfide) groups is 1. The van der Waals surface area contributed by atoms with Crippen molar-refractivity contribution in [1.29, 1.82) is 0 Å². The molecule has 0 radical (unpaired) electrons. The number of carbonyl (C=O) groups excluding carboxylic acids is 4. The minimum absolute atomic E-state index is 0.0129.